The molecule has 0 saturated carbocycles. The molecular weight excluding hydrogens is 250 g/mol. The number of nitrogens with zero attached hydrogens (tertiary/aromatic N) is 2. The van der Waals surface area contributed by atoms with E-state index in [9.17, 15) is 0 Å². The van der Waals surface area contributed by atoms with Crippen LogP contribution in [0, 0.1) is 6.92 Å². The Bertz CT molecular complexity index is 558. The number of aromatic nitrogens is 1. The van der Waals surface area contributed by atoms with Crippen molar-refractivity contribution in [1.29, 1.82) is 0 Å². The van der Waals surface area contributed by atoms with Gasteiger partial charge in [0.25, 0.3) is 0 Å². The number of para-hydroxylation sites is 1. The number of rotatable bonds is 5. The van der Waals surface area contributed by atoms with Crippen LogP contribution < -0.4 is 10.2 Å². The van der Waals surface area contributed by atoms with E-state index in [4.69, 9.17) is 4.42 Å². The summed E-state index contributed by atoms with van der Waals surface area (Å²) in [6.07, 6.45) is 4.36. The van der Waals surface area contributed by atoms with Gasteiger partial charge in [0.15, 0.2) is 0 Å². The molecule has 0 aliphatic carbocycles. The third-order valence-electron chi connectivity index (χ3n) is 3.70. The summed E-state index contributed by atoms with van der Waals surface area (Å²) in [6.45, 7) is 5.78. The molecule has 0 radical (unpaired) electrons. The Morgan fingerprint density at radius 3 is 2.75 bits per heavy atom. The Kier molecular flexibility index (Phi) is 4.02. The highest BCUT2D eigenvalue weighted by atomic mass is 16.4. The maximum atomic E-state index is 5.47. The van der Waals surface area contributed by atoms with E-state index in [1.54, 1.807) is 6.20 Å². The molecule has 4 nitrogen and oxygen atoms in total. The second-order valence-electron chi connectivity index (χ2n) is 5.29. The Morgan fingerprint density at radius 2 is 2.00 bits per heavy atom. The van der Waals surface area contributed by atoms with Crippen molar-refractivity contribution < 1.29 is 4.42 Å². The van der Waals surface area contributed by atoms with Gasteiger partial charge >= 0.3 is 0 Å². The highest BCUT2D eigenvalue weighted by Crippen LogP contribution is 2.24. The minimum atomic E-state index is 0.669. The summed E-state index contributed by atoms with van der Waals surface area (Å²) < 4.78 is 5.47. The number of oxazole rings is 1. The van der Waals surface area contributed by atoms with Gasteiger partial charge in [0.1, 0.15) is 5.76 Å². The molecule has 3 rings (SSSR count). The Labute approximate surface area is 119 Å². The molecule has 1 N–H and O–H groups in total. The topological polar surface area (TPSA) is 41.3 Å². The number of nitrogens with one attached hydrogen (secondary N) is 1. The number of aryl methyl sites for hydroxylation is 1. The summed E-state index contributed by atoms with van der Waals surface area (Å²) in [6, 6.07) is 8.64. The average Bonchev–Trinajstić information content (AvgIpc) is 3.11. The fraction of sp³-hybridized carbons (Fsp3) is 0.438. The number of anilines is 1. The molecule has 1 aliphatic heterocycles. The van der Waals surface area contributed by atoms with Crippen molar-refractivity contribution in [2.75, 3.05) is 18.0 Å². The van der Waals surface area contributed by atoms with Crippen LogP contribution in [0.1, 0.15) is 30.1 Å². The quantitative estimate of drug-likeness (QED) is 0.908. The van der Waals surface area contributed by atoms with E-state index in [0.29, 0.717) is 6.54 Å². The van der Waals surface area contributed by atoms with Crippen LogP contribution >= 0.6 is 0 Å². The highest BCUT2D eigenvalue weighted by molar-refractivity contribution is 5.54. The van der Waals surface area contributed by atoms with Crippen LogP contribution in [-0.2, 0) is 13.1 Å². The van der Waals surface area contributed by atoms with E-state index < -0.39 is 0 Å². The molecule has 1 fully saturated rings. The third-order valence-corrected chi connectivity index (χ3v) is 3.70. The summed E-state index contributed by atoms with van der Waals surface area (Å²) >= 11 is 0. The van der Waals surface area contributed by atoms with Crippen molar-refractivity contribution in [3.05, 3.63) is 47.7 Å². The second-order valence-corrected chi connectivity index (χ2v) is 5.29. The highest BCUT2D eigenvalue weighted by Gasteiger charge is 2.15. The molecule has 0 unspecified atom stereocenters. The predicted molar refractivity (Wildman–Crippen MR) is 79.7 cm³/mol. The average molecular weight is 271 g/mol. The lowest BCUT2D eigenvalue weighted by Crippen LogP contribution is -2.21. The third kappa shape index (κ3) is 3.02. The number of hydrogen-bond acceptors (Lipinski definition) is 4. The van der Waals surface area contributed by atoms with E-state index in [1.165, 1.54) is 37.2 Å². The first-order valence-electron chi connectivity index (χ1n) is 7.28. The molecule has 0 spiro atoms. The van der Waals surface area contributed by atoms with Gasteiger partial charge in [-0.3, -0.25) is 0 Å². The molecule has 1 aliphatic rings. The molecule has 106 valence electrons. The van der Waals surface area contributed by atoms with Crippen LogP contribution in [-0.4, -0.2) is 18.1 Å². The molecule has 0 atom stereocenters. The van der Waals surface area contributed by atoms with Crippen LogP contribution in [0.5, 0.6) is 0 Å². The van der Waals surface area contributed by atoms with Gasteiger partial charge < -0.3 is 14.6 Å². The smallest absolute Gasteiger partial charge is 0.208 e. The lowest BCUT2D eigenvalue weighted by molar-refractivity contribution is 0.449. The van der Waals surface area contributed by atoms with Gasteiger partial charge in [0, 0.05) is 25.3 Å². The molecule has 4 heteroatoms. The van der Waals surface area contributed by atoms with Gasteiger partial charge in [-0.05, 0) is 31.4 Å². The molecule has 2 aromatic rings. The van der Waals surface area contributed by atoms with Crippen LogP contribution in [0.2, 0.25) is 0 Å². The van der Waals surface area contributed by atoms with E-state index >= 15 is 0 Å². The van der Waals surface area contributed by atoms with Gasteiger partial charge in [-0.15, -0.1) is 0 Å². The zero-order valence-electron chi connectivity index (χ0n) is 11.9. The van der Waals surface area contributed by atoms with Crippen molar-refractivity contribution in [2.24, 2.45) is 0 Å². The van der Waals surface area contributed by atoms with Gasteiger partial charge in [-0.25, -0.2) is 4.98 Å². The second kappa shape index (κ2) is 6.09. The molecule has 1 aromatic heterocycles. The maximum absolute atomic E-state index is 5.47. The van der Waals surface area contributed by atoms with Crippen LogP contribution in [0.15, 0.2) is 34.9 Å². The molecule has 2 heterocycles. The van der Waals surface area contributed by atoms with Crippen molar-refractivity contribution in [3.8, 4) is 0 Å². The lowest BCUT2D eigenvalue weighted by Gasteiger charge is -2.21. The van der Waals surface area contributed by atoms with Crippen molar-refractivity contribution in [3.63, 3.8) is 0 Å². The minimum Gasteiger partial charge on any atom is -0.445 e. The van der Waals surface area contributed by atoms with E-state index in [1.807, 2.05) is 6.92 Å². The first kappa shape index (κ1) is 13.2. The largest absolute Gasteiger partial charge is 0.445 e. The van der Waals surface area contributed by atoms with Crippen LogP contribution in [0.3, 0.4) is 0 Å². The SMILES string of the molecule is Cc1cnc(CNCc2ccccc2N2CCCC2)o1. The summed E-state index contributed by atoms with van der Waals surface area (Å²) in [5.41, 5.74) is 2.71. The zero-order valence-corrected chi connectivity index (χ0v) is 11.9. The number of hydrogen-bond donors (Lipinski definition) is 1. The first-order valence-corrected chi connectivity index (χ1v) is 7.28. The molecule has 1 aromatic carbocycles. The van der Waals surface area contributed by atoms with Gasteiger partial charge in [-0.2, -0.15) is 0 Å². The lowest BCUT2D eigenvalue weighted by atomic mass is 10.1. The van der Waals surface area contributed by atoms with Gasteiger partial charge in [0.05, 0.1) is 12.7 Å². The molecule has 0 bridgehead atoms. The van der Waals surface area contributed by atoms with Crippen LogP contribution in [0.25, 0.3) is 0 Å². The van der Waals surface area contributed by atoms with E-state index in [-0.39, 0.29) is 0 Å². The standard InChI is InChI=1S/C16H21N3O/c1-13-10-18-16(20-13)12-17-11-14-6-2-3-7-15(14)19-8-4-5-9-19/h2-3,6-7,10,17H,4-5,8-9,11-12H2,1H3. The molecule has 1 saturated heterocycles. The zero-order chi connectivity index (χ0) is 13.8. The van der Waals surface area contributed by atoms with E-state index in [0.717, 1.165) is 18.2 Å². The predicted octanol–water partition coefficient (Wildman–Crippen LogP) is 2.87. The fourth-order valence-electron chi connectivity index (χ4n) is 2.71. The Balaban J connectivity index is 1.62. The monoisotopic (exact) mass is 271 g/mol. The normalized spacial score (nSPS) is 14.9. The Morgan fingerprint density at radius 1 is 1.20 bits per heavy atom. The summed E-state index contributed by atoms with van der Waals surface area (Å²) in [5, 5.41) is 3.41. The van der Waals surface area contributed by atoms with Crippen molar-refractivity contribution >= 4 is 5.69 Å². The Hall–Kier alpha value is -1.81. The maximum Gasteiger partial charge on any atom is 0.208 e. The molecule has 0 amide bonds. The summed E-state index contributed by atoms with van der Waals surface area (Å²) in [4.78, 5) is 6.69. The first-order chi connectivity index (χ1) is 9.83. The minimum absolute atomic E-state index is 0.669. The molecule has 20 heavy (non-hydrogen) atoms. The van der Waals surface area contributed by atoms with Crippen LogP contribution in [0.4, 0.5) is 5.69 Å². The summed E-state index contributed by atoms with van der Waals surface area (Å²) in [5.74, 6) is 1.61. The van der Waals surface area contributed by atoms with E-state index in [2.05, 4.69) is 39.5 Å². The summed E-state index contributed by atoms with van der Waals surface area (Å²) in [7, 11) is 0. The van der Waals surface area contributed by atoms with Crippen molar-refractivity contribution in [1.82, 2.24) is 10.3 Å². The van der Waals surface area contributed by atoms with Crippen molar-refractivity contribution in [2.45, 2.75) is 32.9 Å². The van der Waals surface area contributed by atoms with Gasteiger partial charge in [0.2, 0.25) is 5.89 Å². The van der Waals surface area contributed by atoms with Gasteiger partial charge in [-0.1, -0.05) is 18.2 Å². The fourth-order valence-corrected chi connectivity index (χ4v) is 2.71. The number of benzene rings is 1. The molecular formula is C16H21N3O.